The smallest absolute Gasteiger partial charge is 0.340 e. The Balaban J connectivity index is 0.00000200. The Morgan fingerprint density at radius 1 is 1.10 bits per heavy atom. The summed E-state index contributed by atoms with van der Waals surface area (Å²) in [4.78, 5) is 15.3. The lowest BCUT2D eigenvalue weighted by molar-refractivity contribution is -0.145. The topological polar surface area (TPSA) is 35.6 Å². The molecule has 2 heterocycles. The predicted octanol–water partition coefficient (Wildman–Crippen LogP) is 1.68. The molecule has 4 nitrogen and oxygen atoms in total. The van der Waals surface area contributed by atoms with Crippen LogP contribution in [0.4, 0.5) is 13.2 Å². The van der Waals surface area contributed by atoms with Gasteiger partial charge in [-0.3, -0.25) is 9.69 Å². The first-order valence-corrected chi connectivity index (χ1v) is 6.77. The Labute approximate surface area is 135 Å². The van der Waals surface area contributed by atoms with Crippen LogP contribution in [0.5, 0.6) is 0 Å². The van der Waals surface area contributed by atoms with Gasteiger partial charge in [0.2, 0.25) is 5.91 Å². The maximum Gasteiger partial charge on any atom is 0.401 e. The summed E-state index contributed by atoms with van der Waals surface area (Å²) in [6.45, 7) is 1.64. The third-order valence-electron chi connectivity index (χ3n) is 3.66. The standard InChI is InChI=1S/C12H20F3N3O.2ClH/c13-12(14,15)9-17-5-2-6-18(8-7-17)11(19)10-3-1-4-16-10;;/h10,16H,1-9H2;2*1H. The van der Waals surface area contributed by atoms with Crippen LogP contribution < -0.4 is 5.32 Å². The lowest BCUT2D eigenvalue weighted by atomic mass is 10.2. The molecule has 1 unspecified atom stereocenters. The molecule has 0 spiro atoms. The maximum atomic E-state index is 12.3. The van der Waals surface area contributed by atoms with Gasteiger partial charge in [-0.2, -0.15) is 13.2 Å². The van der Waals surface area contributed by atoms with Crippen molar-refractivity contribution in [3.05, 3.63) is 0 Å². The molecule has 0 aromatic rings. The molecule has 2 fully saturated rings. The fraction of sp³-hybridized carbons (Fsp3) is 0.917. The number of alkyl halides is 3. The van der Waals surface area contributed by atoms with Gasteiger partial charge in [-0.05, 0) is 25.8 Å². The highest BCUT2D eigenvalue weighted by Gasteiger charge is 2.33. The summed E-state index contributed by atoms with van der Waals surface area (Å²) in [7, 11) is 0. The number of amides is 1. The highest BCUT2D eigenvalue weighted by molar-refractivity contribution is 5.85. The molecule has 0 aliphatic carbocycles. The van der Waals surface area contributed by atoms with Gasteiger partial charge in [0, 0.05) is 26.2 Å². The lowest BCUT2D eigenvalue weighted by Crippen LogP contribution is -2.45. The van der Waals surface area contributed by atoms with Crippen LogP contribution in [0.1, 0.15) is 19.3 Å². The molecule has 2 rings (SSSR count). The molecule has 0 bridgehead atoms. The SMILES string of the molecule is Cl.Cl.O=C(C1CCCN1)N1CCCN(CC(F)(F)F)CC1. The van der Waals surface area contributed by atoms with Crippen LogP contribution in [0.3, 0.4) is 0 Å². The van der Waals surface area contributed by atoms with E-state index in [9.17, 15) is 18.0 Å². The number of nitrogens with one attached hydrogen (secondary N) is 1. The number of carbonyl (C=O) groups excluding carboxylic acids is 1. The van der Waals surface area contributed by atoms with Crippen molar-refractivity contribution in [2.45, 2.75) is 31.5 Å². The number of carbonyl (C=O) groups is 1. The minimum absolute atomic E-state index is 0. The highest BCUT2D eigenvalue weighted by atomic mass is 35.5. The summed E-state index contributed by atoms with van der Waals surface area (Å²) >= 11 is 0. The molecule has 1 atom stereocenters. The second kappa shape index (κ2) is 9.02. The minimum atomic E-state index is -4.16. The van der Waals surface area contributed by atoms with E-state index in [2.05, 4.69) is 5.32 Å². The Bertz CT molecular complexity index is 325. The van der Waals surface area contributed by atoms with Crippen molar-refractivity contribution < 1.29 is 18.0 Å². The van der Waals surface area contributed by atoms with Crippen molar-refractivity contribution >= 4 is 30.7 Å². The van der Waals surface area contributed by atoms with Crippen molar-refractivity contribution in [2.24, 2.45) is 0 Å². The summed E-state index contributed by atoms with van der Waals surface area (Å²) in [5, 5.41) is 3.14. The van der Waals surface area contributed by atoms with Crippen LogP contribution in [0, 0.1) is 0 Å². The number of hydrogen-bond donors (Lipinski definition) is 1. The fourth-order valence-corrected chi connectivity index (χ4v) is 2.72. The molecule has 1 N–H and O–H groups in total. The lowest BCUT2D eigenvalue weighted by Gasteiger charge is -2.25. The molecule has 0 saturated carbocycles. The van der Waals surface area contributed by atoms with Crippen LogP contribution >= 0.6 is 24.8 Å². The molecule has 2 saturated heterocycles. The van der Waals surface area contributed by atoms with E-state index in [0.29, 0.717) is 32.6 Å². The van der Waals surface area contributed by atoms with Gasteiger partial charge in [0.1, 0.15) is 0 Å². The molecular formula is C12H22Cl2F3N3O. The Morgan fingerprint density at radius 3 is 2.38 bits per heavy atom. The Hall–Kier alpha value is -0.240. The van der Waals surface area contributed by atoms with E-state index in [1.807, 2.05) is 0 Å². The van der Waals surface area contributed by atoms with Crippen molar-refractivity contribution in [3.8, 4) is 0 Å². The molecule has 2 aliphatic rings. The second-order valence-corrected chi connectivity index (χ2v) is 5.22. The zero-order valence-corrected chi connectivity index (χ0v) is 13.3. The van der Waals surface area contributed by atoms with Crippen LogP contribution in [0.15, 0.2) is 0 Å². The third-order valence-corrected chi connectivity index (χ3v) is 3.66. The van der Waals surface area contributed by atoms with Crippen LogP contribution in [0.25, 0.3) is 0 Å². The Morgan fingerprint density at radius 2 is 1.81 bits per heavy atom. The second-order valence-electron chi connectivity index (χ2n) is 5.22. The van der Waals surface area contributed by atoms with Crippen LogP contribution in [0.2, 0.25) is 0 Å². The first kappa shape index (κ1) is 20.8. The average molecular weight is 352 g/mol. The van der Waals surface area contributed by atoms with Gasteiger partial charge in [0.05, 0.1) is 12.6 Å². The number of nitrogens with zero attached hydrogens (tertiary/aromatic N) is 2. The average Bonchev–Trinajstić information content (AvgIpc) is 2.75. The van der Waals surface area contributed by atoms with Crippen LogP contribution in [-0.4, -0.2) is 67.2 Å². The summed E-state index contributed by atoms with van der Waals surface area (Å²) in [6, 6.07) is -0.130. The summed E-state index contributed by atoms with van der Waals surface area (Å²) in [5.74, 6) is 0.0476. The van der Waals surface area contributed by atoms with Crippen molar-refractivity contribution in [1.82, 2.24) is 15.1 Å². The zero-order chi connectivity index (χ0) is 13.9. The molecule has 0 aromatic heterocycles. The molecule has 9 heteroatoms. The molecule has 21 heavy (non-hydrogen) atoms. The van der Waals surface area contributed by atoms with Gasteiger partial charge in [0.15, 0.2) is 0 Å². The molecule has 2 aliphatic heterocycles. The van der Waals surface area contributed by atoms with E-state index in [1.165, 1.54) is 4.90 Å². The molecular weight excluding hydrogens is 330 g/mol. The van der Waals surface area contributed by atoms with E-state index < -0.39 is 12.7 Å². The monoisotopic (exact) mass is 351 g/mol. The molecule has 0 aromatic carbocycles. The predicted molar refractivity (Wildman–Crippen MR) is 79.2 cm³/mol. The van der Waals surface area contributed by atoms with Crippen molar-refractivity contribution in [2.75, 3.05) is 39.3 Å². The highest BCUT2D eigenvalue weighted by Crippen LogP contribution is 2.18. The maximum absolute atomic E-state index is 12.3. The van der Waals surface area contributed by atoms with E-state index >= 15 is 0 Å². The molecule has 0 radical (unpaired) electrons. The molecule has 126 valence electrons. The van der Waals surface area contributed by atoms with Gasteiger partial charge >= 0.3 is 6.18 Å². The third kappa shape index (κ3) is 6.59. The van der Waals surface area contributed by atoms with Gasteiger partial charge in [-0.15, -0.1) is 24.8 Å². The van der Waals surface area contributed by atoms with Gasteiger partial charge < -0.3 is 10.2 Å². The zero-order valence-electron chi connectivity index (χ0n) is 11.7. The minimum Gasteiger partial charge on any atom is -0.340 e. The van der Waals surface area contributed by atoms with E-state index in [1.54, 1.807) is 4.90 Å². The normalized spacial score (nSPS) is 24.0. The summed E-state index contributed by atoms with van der Waals surface area (Å²) in [6.07, 6.45) is -1.73. The molecule has 1 amide bonds. The first-order chi connectivity index (χ1) is 8.96. The quantitative estimate of drug-likeness (QED) is 0.822. The van der Waals surface area contributed by atoms with Gasteiger partial charge in [-0.1, -0.05) is 0 Å². The van der Waals surface area contributed by atoms with Gasteiger partial charge in [0.25, 0.3) is 0 Å². The van der Waals surface area contributed by atoms with Crippen molar-refractivity contribution in [1.29, 1.82) is 0 Å². The van der Waals surface area contributed by atoms with Crippen LogP contribution in [-0.2, 0) is 4.79 Å². The first-order valence-electron chi connectivity index (χ1n) is 6.77. The summed E-state index contributed by atoms with van der Waals surface area (Å²) in [5.41, 5.74) is 0. The van der Waals surface area contributed by atoms with E-state index in [-0.39, 0.29) is 36.8 Å². The largest absolute Gasteiger partial charge is 0.401 e. The van der Waals surface area contributed by atoms with Gasteiger partial charge in [-0.25, -0.2) is 0 Å². The number of rotatable bonds is 2. The Kier molecular flexibility index (Phi) is 8.92. The fourth-order valence-electron chi connectivity index (χ4n) is 2.72. The van der Waals surface area contributed by atoms with E-state index in [4.69, 9.17) is 0 Å². The summed E-state index contributed by atoms with van der Waals surface area (Å²) < 4.78 is 37.0. The van der Waals surface area contributed by atoms with Crippen molar-refractivity contribution in [3.63, 3.8) is 0 Å². The van der Waals surface area contributed by atoms with E-state index in [0.717, 1.165) is 19.4 Å². The number of hydrogen-bond acceptors (Lipinski definition) is 3. The number of halogens is 5.